The SMILES string of the molecule is CC1=C(O[Si](C)(c2ccccc2)c2ccccc2)C(=O)c2ccccc2C1=O. The van der Waals surface area contributed by atoms with Gasteiger partial charge in [-0.1, -0.05) is 84.9 Å². The van der Waals surface area contributed by atoms with E-state index in [4.69, 9.17) is 4.43 Å². The van der Waals surface area contributed by atoms with Crippen molar-refractivity contribution in [1.29, 1.82) is 0 Å². The van der Waals surface area contributed by atoms with Gasteiger partial charge in [-0.05, 0) is 23.8 Å². The quantitative estimate of drug-likeness (QED) is 0.644. The zero-order valence-corrected chi connectivity index (χ0v) is 16.8. The lowest BCUT2D eigenvalue weighted by atomic mass is 9.89. The molecule has 0 aliphatic heterocycles. The topological polar surface area (TPSA) is 43.4 Å². The Balaban J connectivity index is 1.85. The van der Waals surface area contributed by atoms with Gasteiger partial charge in [-0.3, -0.25) is 9.59 Å². The Morgan fingerprint density at radius 2 is 1.07 bits per heavy atom. The van der Waals surface area contributed by atoms with E-state index in [0.29, 0.717) is 16.7 Å². The Kier molecular flexibility index (Phi) is 4.57. The number of ketones is 2. The predicted molar refractivity (Wildman–Crippen MR) is 113 cm³/mol. The van der Waals surface area contributed by atoms with Gasteiger partial charge < -0.3 is 4.43 Å². The van der Waals surface area contributed by atoms with Gasteiger partial charge in [-0.15, -0.1) is 0 Å². The average Bonchev–Trinajstić information content (AvgIpc) is 2.76. The van der Waals surface area contributed by atoms with E-state index < -0.39 is 8.32 Å². The van der Waals surface area contributed by atoms with E-state index in [1.54, 1.807) is 31.2 Å². The Morgan fingerprint density at radius 3 is 1.57 bits per heavy atom. The number of benzene rings is 3. The van der Waals surface area contributed by atoms with Crippen molar-refractivity contribution in [2.24, 2.45) is 0 Å². The van der Waals surface area contributed by atoms with Gasteiger partial charge in [0, 0.05) is 16.7 Å². The van der Waals surface area contributed by atoms with Gasteiger partial charge in [0.2, 0.25) is 5.78 Å². The molecule has 3 nitrogen and oxygen atoms in total. The molecule has 0 N–H and O–H groups in total. The minimum atomic E-state index is -2.75. The van der Waals surface area contributed by atoms with Crippen molar-refractivity contribution < 1.29 is 14.0 Å². The third-order valence-electron chi connectivity index (χ3n) is 5.26. The van der Waals surface area contributed by atoms with Crippen LogP contribution in [-0.2, 0) is 4.43 Å². The van der Waals surface area contributed by atoms with E-state index in [9.17, 15) is 9.59 Å². The van der Waals surface area contributed by atoms with E-state index in [0.717, 1.165) is 10.4 Å². The van der Waals surface area contributed by atoms with Crippen molar-refractivity contribution in [3.05, 3.63) is 107 Å². The molecule has 3 aromatic rings. The lowest BCUT2D eigenvalue weighted by Crippen LogP contribution is -2.58. The first-order chi connectivity index (χ1) is 13.5. The number of hydrogen-bond acceptors (Lipinski definition) is 3. The summed E-state index contributed by atoms with van der Waals surface area (Å²) >= 11 is 0. The smallest absolute Gasteiger partial charge is 0.311 e. The highest BCUT2D eigenvalue weighted by Crippen LogP contribution is 2.28. The lowest BCUT2D eigenvalue weighted by molar-refractivity contribution is 0.0936. The maximum absolute atomic E-state index is 13.2. The summed E-state index contributed by atoms with van der Waals surface area (Å²) in [6, 6.07) is 26.8. The van der Waals surface area contributed by atoms with Crippen LogP contribution in [0.25, 0.3) is 0 Å². The number of Topliss-reactive ketones (excluding diaryl/α,β-unsaturated/α-hetero) is 2. The van der Waals surface area contributed by atoms with Crippen LogP contribution in [-0.4, -0.2) is 19.9 Å². The molecule has 28 heavy (non-hydrogen) atoms. The molecule has 0 spiro atoms. The van der Waals surface area contributed by atoms with Gasteiger partial charge in [0.25, 0.3) is 0 Å². The molecular formula is C24H20O3Si. The number of rotatable bonds is 4. The molecule has 0 aromatic heterocycles. The third-order valence-corrected chi connectivity index (χ3v) is 8.74. The highest BCUT2D eigenvalue weighted by molar-refractivity contribution is 6.96. The van der Waals surface area contributed by atoms with Gasteiger partial charge in [-0.2, -0.15) is 0 Å². The van der Waals surface area contributed by atoms with Gasteiger partial charge in [0.05, 0.1) is 0 Å². The molecule has 0 heterocycles. The number of allylic oxidation sites excluding steroid dienone is 2. The summed E-state index contributed by atoms with van der Waals surface area (Å²) in [7, 11) is -2.75. The van der Waals surface area contributed by atoms with Crippen molar-refractivity contribution in [3.8, 4) is 0 Å². The molecule has 0 amide bonds. The fraction of sp³-hybridized carbons (Fsp3) is 0.0833. The number of hydrogen-bond donors (Lipinski definition) is 0. The highest BCUT2D eigenvalue weighted by atomic mass is 28.4. The van der Waals surface area contributed by atoms with Crippen LogP contribution < -0.4 is 10.4 Å². The van der Waals surface area contributed by atoms with Gasteiger partial charge in [0.1, 0.15) is 0 Å². The molecule has 1 aliphatic rings. The maximum Gasteiger partial charge on any atom is 0.311 e. The molecular weight excluding hydrogens is 364 g/mol. The Bertz CT molecular complexity index is 1050. The van der Waals surface area contributed by atoms with Crippen LogP contribution in [0, 0.1) is 0 Å². The number of fused-ring (bicyclic) bond motifs is 1. The third kappa shape index (κ3) is 2.92. The van der Waals surface area contributed by atoms with Gasteiger partial charge in [0.15, 0.2) is 11.5 Å². The molecule has 0 bridgehead atoms. The van der Waals surface area contributed by atoms with Crippen LogP contribution in [0.1, 0.15) is 27.6 Å². The summed E-state index contributed by atoms with van der Waals surface area (Å²) in [5.41, 5.74) is 1.22. The molecule has 4 rings (SSSR count). The molecule has 0 saturated carbocycles. The van der Waals surface area contributed by atoms with E-state index in [1.807, 2.05) is 60.7 Å². The summed E-state index contributed by atoms with van der Waals surface area (Å²) in [4.78, 5) is 26.1. The van der Waals surface area contributed by atoms with Crippen molar-refractivity contribution >= 4 is 30.3 Å². The Hall–Kier alpha value is -3.24. The zero-order valence-electron chi connectivity index (χ0n) is 15.8. The fourth-order valence-electron chi connectivity index (χ4n) is 3.60. The van der Waals surface area contributed by atoms with Crippen LogP contribution in [0.3, 0.4) is 0 Å². The van der Waals surface area contributed by atoms with Gasteiger partial charge >= 0.3 is 8.32 Å². The van der Waals surface area contributed by atoms with Crippen LogP contribution in [0.5, 0.6) is 0 Å². The molecule has 0 radical (unpaired) electrons. The first-order valence-corrected chi connectivity index (χ1v) is 11.6. The minimum Gasteiger partial charge on any atom is -0.532 e. The number of carbonyl (C=O) groups is 2. The molecule has 0 saturated heterocycles. The van der Waals surface area contributed by atoms with Crippen LogP contribution in [0.15, 0.2) is 96.3 Å². The van der Waals surface area contributed by atoms with Gasteiger partial charge in [-0.25, -0.2) is 0 Å². The number of carbonyl (C=O) groups excluding carboxylic acids is 2. The standard InChI is InChI=1S/C24H20O3Si/c1-17-22(25)20-15-9-10-16-21(20)23(26)24(17)27-28(2,18-11-5-3-6-12-18)19-13-7-4-8-14-19/h3-16H,1-2H3. The maximum atomic E-state index is 13.2. The molecule has 0 unspecified atom stereocenters. The van der Waals surface area contributed by atoms with E-state index >= 15 is 0 Å². The largest absolute Gasteiger partial charge is 0.532 e. The minimum absolute atomic E-state index is 0.150. The molecule has 138 valence electrons. The fourth-order valence-corrected chi connectivity index (χ4v) is 6.48. The highest BCUT2D eigenvalue weighted by Gasteiger charge is 2.41. The summed E-state index contributed by atoms with van der Waals surface area (Å²) in [5.74, 6) is -0.202. The molecule has 3 aromatic carbocycles. The molecule has 0 atom stereocenters. The van der Waals surface area contributed by atoms with Crippen LogP contribution in [0.4, 0.5) is 0 Å². The molecule has 0 fully saturated rings. The second-order valence-corrected chi connectivity index (χ2v) is 10.5. The van der Waals surface area contributed by atoms with E-state index in [1.165, 1.54) is 0 Å². The summed E-state index contributed by atoms with van der Waals surface area (Å²) in [6.45, 7) is 3.74. The van der Waals surface area contributed by atoms with E-state index in [2.05, 4.69) is 6.55 Å². The van der Waals surface area contributed by atoms with Crippen molar-refractivity contribution in [2.45, 2.75) is 13.5 Å². The van der Waals surface area contributed by atoms with Crippen molar-refractivity contribution in [2.75, 3.05) is 0 Å². The predicted octanol–water partition coefficient (Wildman–Crippen LogP) is 3.75. The normalized spacial score (nSPS) is 14.1. The first kappa shape index (κ1) is 18.1. The van der Waals surface area contributed by atoms with Crippen molar-refractivity contribution in [1.82, 2.24) is 0 Å². The molecule has 1 aliphatic carbocycles. The van der Waals surface area contributed by atoms with Crippen LogP contribution in [0.2, 0.25) is 6.55 Å². The monoisotopic (exact) mass is 384 g/mol. The second kappa shape index (κ2) is 7.06. The summed E-state index contributed by atoms with van der Waals surface area (Å²) in [5, 5.41) is 2.08. The van der Waals surface area contributed by atoms with Crippen molar-refractivity contribution in [3.63, 3.8) is 0 Å². The molecule has 4 heteroatoms. The average molecular weight is 385 g/mol. The van der Waals surface area contributed by atoms with Crippen LogP contribution >= 0.6 is 0 Å². The first-order valence-electron chi connectivity index (χ1n) is 9.22. The Morgan fingerprint density at radius 1 is 0.643 bits per heavy atom. The van der Waals surface area contributed by atoms with E-state index in [-0.39, 0.29) is 17.3 Å². The Labute approximate surface area is 165 Å². The second-order valence-electron chi connectivity index (χ2n) is 7.03. The summed E-state index contributed by atoms with van der Waals surface area (Å²) < 4.78 is 6.55. The summed E-state index contributed by atoms with van der Waals surface area (Å²) in [6.07, 6.45) is 0. The zero-order chi connectivity index (χ0) is 19.7. The lowest BCUT2D eigenvalue weighted by Gasteiger charge is -2.32.